The van der Waals surface area contributed by atoms with Crippen LogP contribution in [-0.2, 0) is 9.59 Å². The van der Waals surface area contributed by atoms with Crippen LogP contribution in [0, 0.1) is 5.82 Å². The van der Waals surface area contributed by atoms with Gasteiger partial charge in [0, 0.05) is 46.0 Å². The largest absolute Gasteiger partial charge is 0.367 e. The number of nitrogens with zero attached hydrogens (tertiary/aromatic N) is 3. The standard InChI is InChI=1S/C23H29FN4O2S/c1-25-23(30)22(31-3)17-7-6-8-18(15-17)26(2)21(29)16-27-11-13-28(14-12-27)20-10-5-4-9-19(20)24/h4-10,15,22H,11-14,16H2,1-3H3,(H,25,30). The lowest BCUT2D eigenvalue weighted by Gasteiger charge is -2.36. The van der Waals surface area contributed by atoms with Crippen LogP contribution in [0.2, 0.25) is 0 Å². The van der Waals surface area contributed by atoms with Gasteiger partial charge in [0.15, 0.2) is 0 Å². The Morgan fingerprint density at radius 3 is 2.48 bits per heavy atom. The van der Waals surface area contributed by atoms with Crippen LogP contribution in [0.25, 0.3) is 0 Å². The SMILES string of the molecule is CNC(=O)C(SC)c1cccc(N(C)C(=O)CN2CCN(c3ccccc3F)CC2)c1. The molecule has 31 heavy (non-hydrogen) atoms. The molecule has 0 radical (unpaired) electrons. The highest BCUT2D eigenvalue weighted by molar-refractivity contribution is 7.99. The summed E-state index contributed by atoms with van der Waals surface area (Å²) >= 11 is 1.46. The van der Waals surface area contributed by atoms with Crippen molar-refractivity contribution in [2.24, 2.45) is 0 Å². The van der Waals surface area contributed by atoms with Gasteiger partial charge in [-0.2, -0.15) is 0 Å². The third kappa shape index (κ3) is 5.57. The van der Waals surface area contributed by atoms with E-state index in [0.29, 0.717) is 38.4 Å². The fourth-order valence-corrected chi connectivity index (χ4v) is 4.47. The lowest BCUT2D eigenvalue weighted by atomic mass is 10.1. The third-order valence-corrected chi connectivity index (χ3v) is 6.54. The topological polar surface area (TPSA) is 55.9 Å². The van der Waals surface area contributed by atoms with Crippen molar-refractivity contribution < 1.29 is 14.0 Å². The van der Waals surface area contributed by atoms with Crippen LogP contribution >= 0.6 is 11.8 Å². The third-order valence-electron chi connectivity index (χ3n) is 5.58. The summed E-state index contributed by atoms with van der Waals surface area (Å²) in [6.07, 6.45) is 1.89. The molecule has 3 rings (SSSR count). The summed E-state index contributed by atoms with van der Waals surface area (Å²) in [7, 11) is 3.38. The van der Waals surface area contributed by atoms with Crippen molar-refractivity contribution in [2.45, 2.75) is 5.25 Å². The monoisotopic (exact) mass is 444 g/mol. The number of hydrogen-bond acceptors (Lipinski definition) is 5. The minimum atomic E-state index is -0.320. The number of amides is 2. The van der Waals surface area contributed by atoms with Gasteiger partial charge in [-0.05, 0) is 36.1 Å². The molecule has 0 aliphatic carbocycles. The lowest BCUT2D eigenvalue weighted by Crippen LogP contribution is -2.50. The number of carbonyl (C=O) groups is 2. The van der Waals surface area contributed by atoms with Gasteiger partial charge in [-0.25, -0.2) is 4.39 Å². The number of hydrogen-bond donors (Lipinski definition) is 1. The van der Waals surface area contributed by atoms with Gasteiger partial charge in [-0.3, -0.25) is 14.5 Å². The molecule has 0 bridgehead atoms. The Hall–Kier alpha value is -2.58. The van der Waals surface area contributed by atoms with Gasteiger partial charge in [0.2, 0.25) is 11.8 Å². The highest BCUT2D eigenvalue weighted by Gasteiger charge is 2.23. The minimum Gasteiger partial charge on any atom is -0.367 e. The smallest absolute Gasteiger partial charge is 0.240 e. The number of likely N-dealkylation sites (N-methyl/N-ethyl adjacent to an activating group) is 2. The second-order valence-corrected chi connectivity index (χ2v) is 8.44. The maximum absolute atomic E-state index is 14.0. The second-order valence-electron chi connectivity index (χ2n) is 7.49. The number of thioether (sulfide) groups is 1. The molecule has 1 saturated heterocycles. The molecule has 1 aliphatic rings. The average molecular weight is 445 g/mol. The summed E-state index contributed by atoms with van der Waals surface area (Å²) in [5.74, 6) is -0.296. The number of anilines is 2. The average Bonchev–Trinajstić information content (AvgIpc) is 2.80. The number of para-hydroxylation sites is 1. The van der Waals surface area contributed by atoms with Crippen LogP contribution < -0.4 is 15.1 Å². The van der Waals surface area contributed by atoms with Gasteiger partial charge in [0.05, 0.1) is 12.2 Å². The van der Waals surface area contributed by atoms with E-state index in [9.17, 15) is 14.0 Å². The van der Waals surface area contributed by atoms with Crippen LogP contribution in [0.4, 0.5) is 15.8 Å². The number of nitrogens with one attached hydrogen (secondary N) is 1. The Bertz CT molecular complexity index is 918. The van der Waals surface area contributed by atoms with Crippen LogP contribution in [0.5, 0.6) is 0 Å². The van der Waals surface area contributed by atoms with E-state index >= 15 is 0 Å². The first-order chi connectivity index (χ1) is 14.9. The Morgan fingerprint density at radius 1 is 1.13 bits per heavy atom. The number of benzene rings is 2. The molecule has 8 heteroatoms. The van der Waals surface area contributed by atoms with E-state index in [1.165, 1.54) is 17.8 Å². The zero-order chi connectivity index (χ0) is 22.4. The normalized spacial score (nSPS) is 15.4. The molecule has 0 saturated carbocycles. The molecule has 0 spiro atoms. The molecule has 2 aromatic carbocycles. The highest BCUT2D eigenvalue weighted by Crippen LogP contribution is 2.29. The summed E-state index contributed by atoms with van der Waals surface area (Å²) in [6.45, 7) is 3.04. The van der Waals surface area contributed by atoms with E-state index in [0.717, 1.165) is 11.3 Å². The van der Waals surface area contributed by atoms with Crippen LogP contribution in [0.1, 0.15) is 10.8 Å². The first kappa shape index (κ1) is 23.1. The summed E-state index contributed by atoms with van der Waals surface area (Å²) in [5.41, 5.74) is 2.24. The van der Waals surface area contributed by atoms with Gasteiger partial charge < -0.3 is 15.1 Å². The van der Waals surface area contributed by atoms with Crippen molar-refractivity contribution in [3.05, 3.63) is 59.9 Å². The van der Waals surface area contributed by atoms with E-state index < -0.39 is 0 Å². The number of piperazine rings is 1. The first-order valence-electron chi connectivity index (χ1n) is 10.3. The van der Waals surface area contributed by atoms with Crippen molar-refractivity contribution in [1.29, 1.82) is 0 Å². The van der Waals surface area contributed by atoms with Gasteiger partial charge in [-0.15, -0.1) is 11.8 Å². The first-order valence-corrected chi connectivity index (χ1v) is 11.6. The molecule has 1 fully saturated rings. The summed E-state index contributed by atoms with van der Waals surface area (Å²) in [5, 5.41) is 2.36. The maximum Gasteiger partial charge on any atom is 0.240 e. The molecular formula is C23H29FN4O2S. The Balaban J connectivity index is 1.59. The van der Waals surface area contributed by atoms with E-state index in [-0.39, 0.29) is 22.9 Å². The zero-order valence-corrected chi connectivity index (χ0v) is 19.0. The van der Waals surface area contributed by atoms with Gasteiger partial charge >= 0.3 is 0 Å². The van der Waals surface area contributed by atoms with Crippen molar-refractivity contribution in [2.75, 3.05) is 62.9 Å². The molecule has 166 valence electrons. The van der Waals surface area contributed by atoms with Gasteiger partial charge in [0.1, 0.15) is 11.1 Å². The molecule has 0 aromatic heterocycles. The number of halogens is 1. The summed E-state index contributed by atoms with van der Waals surface area (Å²) in [4.78, 5) is 30.8. The minimum absolute atomic E-state index is 0.0165. The van der Waals surface area contributed by atoms with Gasteiger partial charge in [-0.1, -0.05) is 24.3 Å². The fraction of sp³-hybridized carbons (Fsp3) is 0.391. The number of rotatable bonds is 7. The van der Waals surface area contributed by atoms with Crippen LogP contribution in [0.3, 0.4) is 0 Å². The molecular weight excluding hydrogens is 415 g/mol. The molecule has 1 aliphatic heterocycles. The lowest BCUT2D eigenvalue weighted by molar-refractivity contribution is -0.120. The van der Waals surface area contributed by atoms with E-state index in [1.807, 2.05) is 41.5 Å². The fourth-order valence-electron chi connectivity index (χ4n) is 3.72. The van der Waals surface area contributed by atoms with Crippen LogP contribution in [0.15, 0.2) is 48.5 Å². The molecule has 2 amide bonds. The van der Waals surface area contributed by atoms with E-state index in [1.54, 1.807) is 31.1 Å². The summed E-state index contributed by atoms with van der Waals surface area (Å²) in [6, 6.07) is 14.3. The highest BCUT2D eigenvalue weighted by atomic mass is 32.2. The molecule has 1 unspecified atom stereocenters. The second kappa shape index (κ2) is 10.6. The van der Waals surface area contributed by atoms with Crippen molar-refractivity contribution in [3.63, 3.8) is 0 Å². The molecule has 2 aromatic rings. The quantitative estimate of drug-likeness (QED) is 0.712. The zero-order valence-electron chi connectivity index (χ0n) is 18.2. The number of carbonyl (C=O) groups excluding carboxylic acids is 2. The predicted molar refractivity (Wildman–Crippen MR) is 125 cm³/mol. The van der Waals surface area contributed by atoms with Crippen LogP contribution in [-0.4, -0.2) is 69.8 Å². The molecule has 1 heterocycles. The van der Waals surface area contributed by atoms with Crippen molar-refractivity contribution >= 4 is 35.0 Å². The van der Waals surface area contributed by atoms with Gasteiger partial charge in [0.25, 0.3) is 0 Å². The molecule has 6 nitrogen and oxygen atoms in total. The maximum atomic E-state index is 14.0. The van der Waals surface area contributed by atoms with E-state index in [2.05, 4.69) is 10.2 Å². The Labute approximate surface area is 187 Å². The molecule has 1 N–H and O–H groups in total. The molecule has 1 atom stereocenters. The Kier molecular flexibility index (Phi) is 7.92. The van der Waals surface area contributed by atoms with Crippen molar-refractivity contribution in [1.82, 2.24) is 10.2 Å². The Morgan fingerprint density at radius 2 is 1.84 bits per heavy atom. The summed E-state index contributed by atoms with van der Waals surface area (Å²) < 4.78 is 14.0. The predicted octanol–water partition coefficient (Wildman–Crippen LogP) is 2.76. The van der Waals surface area contributed by atoms with Crippen molar-refractivity contribution in [3.8, 4) is 0 Å². The van der Waals surface area contributed by atoms with E-state index in [4.69, 9.17) is 0 Å².